The highest BCUT2D eigenvalue weighted by atomic mass is 16.3. The van der Waals surface area contributed by atoms with E-state index >= 15 is 0 Å². The van der Waals surface area contributed by atoms with E-state index in [1.165, 1.54) is 11.6 Å². The van der Waals surface area contributed by atoms with Gasteiger partial charge in [0.15, 0.2) is 0 Å². The van der Waals surface area contributed by atoms with E-state index in [9.17, 15) is 4.79 Å². The minimum Gasteiger partial charge on any atom is -0.465 e. The number of anilines is 1. The van der Waals surface area contributed by atoms with Crippen molar-refractivity contribution in [3.8, 4) is 11.3 Å². The summed E-state index contributed by atoms with van der Waals surface area (Å²) in [7, 11) is 0. The van der Waals surface area contributed by atoms with Crippen LogP contribution in [-0.2, 0) is 4.79 Å². The van der Waals surface area contributed by atoms with E-state index in [0.717, 1.165) is 16.9 Å². The maximum Gasteiger partial charge on any atom is 0.248 e. The first kappa shape index (κ1) is 15.9. The van der Waals surface area contributed by atoms with E-state index in [1.807, 2.05) is 60.1 Å². The van der Waals surface area contributed by atoms with Crippen molar-refractivity contribution in [2.45, 2.75) is 6.92 Å². The quantitative estimate of drug-likeness (QED) is 0.553. The van der Waals surface area contributed by atoms with Crippen molar-refractivity contribution >= 4 is 23.3 Å². The third-order valence-electron chi connectivity index (χ3n) is 3.98. The second kappa shape index (κ2) is 6.72. The number of hydrogen-bond acceptors (Lipinski definition) is 3. The molecule has 4 rings (SSSR count). The summed E-state index contributed by atoms with van der Waals surface area (Å²) in [4.78, 5) is 16.7. The van der Waals surface area contributed by atoms with Crippen LogP contribution in [0.1, 0.15) is 11.3 Å². The first-order chi connectivity index (χ1) is 12.7. The third-order valence-corrected chi connectivity index (χ3v) is 3.98. The smallest absolute Gasteiger partial charge is 0.248 e. The van der Waals surface area contributed by atoms with Crippen molar-refractivity contribution in [3.05, 3.63) is 84.6 Å². The lowest BCUT2D eigenvalue weighted by Gasteiger charge is -2.04. The van der Waals surface area contributed by atoms with Gasteiger partial charge in [-0.25, -0.2) is 4.98 Å². The molecule has 0 unspecified atom stereocenters. The molecule has 3 aromatic heterocycles. The number of aromatic nitrogens is 2. The molecule has 5 heteroatoms. The van der Waals surface area contributed by atoms with Gasteiger partial charge in [0.25, 0.3) is 0 Å². The molecule has 1 aromatic carbocycles. The van der Waals surface area contributed by atoms with Crippen LogP contribution in [-0.4, -0.2) is 15.3 Å². The van der Waals surface area contributed by atoms with Crippen molar-refractivity contribution in [2.24, 2.45) is 0 Å². The van der Waals surface area contributed by atoms with E-state index in [4.69, 9.17) is 4.42 Å². The maximum absolute atomic E-state index is 12.1. The van der Waals surface area contributed by atoms with E-state index in [-0.39, 0.29) is 5.91 Å². The summed E-state index contributed by atoms with van der Waals surface area (Å²) in [6.45, 7) is 2.04. The maximum atomic E-state index is 12.1. The lowest BCUT2D eigenvalue weighted by atomic mass is 10.1. The van der Waals surface area contributed by atoms with Gasteiger partial charge in [-0.2, -0.15) is 0 Å². The Kier molecular flexibility index (Phi) is 4.11. The Hall–Kier alpha value is -3.60. The molecule has 0 fully saturated rings. The standard InChI is InChI=1S/C21H17N3O2/c1-15-9-10-24-14-19(23-20(24)12-15)16-4-2-5-17(13-16)22-21(25)8-7-18-6-3-11-26-18/h2-14H,1H3,(H,22,25)/b8-7+. The fourth-order valence-electron chi connectivity index (χ4n) is 2.71. The molecular formula is C21H17N3O2. The van der Waals surface area contributed by atoms with Crippen molar-refractivity contribution in [2.75, 3.05) is 5.32 Å². The fourth-order valence-corrected chi connectivity index (χ4v) is 2.71. The van der Waals surface area contributed by atoms with Crippen LogP contribution in [0.3, 0.4) is 0 Å². The summed E-state index contributed by atoms with van der Waals surface area (Å²) >= 11 is 0. The molecular weight excluding hydrogens is 326 g/mol. The number of aryl methyl sites for hydroxylation is 1. The van der Waals surface area contributed by atoms with Gasteiger partial charge >= 0.3 is 0 Å². The molecule has 0 bridgehead atoms. The largest absolute Gasteiger partial charge is 0.465 e. The highest BCUT2D eigenvalue weighted by Gasteiger charge is 2.06. The van der Waals surface area contributed by atoms with Crippen LogP contribution in [0, 0.1) is 6.92 Å². The minimum atomic E-state index is -0.218. The second-order valence-corrected chi connectivity index (χ2v) is 6.01. The van der Waals surface area contributed by atoms with Crippen LogP contribution in [0.5, 0.6) is 0 Å². The Balaban J connectivity index is 1.54. The Labute approximate surface area is 150 Å². The van der Waals surface area contributed by atoms with Crippen molar-refractivity contribution < 1.29 is 9.21 Å². The van der Waals surface area contributed by atoms with Crippen LogP contribution >= 0.6 is 0 Å². The zero-order valence-corrected chi connectivity index (χ0v) is 14.2. The number of furan rings is 1. The van der Waals surface area contributed by atoms with Crippen LogP contribution in [0.25, 0.3) is 23.0 Å². The zero-order valence-electron chi connectivity index (χ0n) is 14.2. The average Bonchev–Trinajstić information content (AvgIpc) is 3.29. The summed E-state index contributed by atoms with van der Waals surface area (Å²) in [5, 5.41) is 2.86. The predicted molar refractivity (Wildman–Crippen MR) is 102 cm³/mol. The molecule has 0 aliphatic rings. The highest BCUT2D eigenvalue weighted by molar-refractivity contribution is 6.02. The number of pyridine rings is 1. The first-order valence-electron chi connectivity index (χ1n) is 8.26. The topological polar surface area (TPSA) is 59.5 Å². The Morgan fingerprint density at radius 2 is 2.12 bits per heavy atom. The van der Waals surface area contributed by atoms with Gasteiger partial charge in [0.1, 0.15) is 11.4 Å². The fraction of sp³-hybridized carbons (Fsp3) is 0.0476. The molecule has 0 aliphatic heterocycles. The molecule has 0 saturated heterocycles. The highest BCUT2D eigenvalue weighted by Crippen LogP contribution is 2.23. The number of nitrogens with one attached hydrogen (secondary N) is 1. The lowest BCUT2D eigenvalue weighted by molar-refractivity contribution is -0.111. The molecule has 1 N–H and O–H groups in total. The van der Waals surface area contributed by atoms with Gasteiger partial charge in [-0.15, -0.1) is 0 Å². The van der Waals surface area contributed by atoms with Gasteiger partial charge in [-0.05, 0) is 55.0 Å². The number of carbonyl (C=O) groups is 1. The van der Waals surface area contributed by atoms with Crippen LogP contribution in [0.4, 0.5) is 5.69 Å². The third kappa shape index (κ3) is 3.42. The molecule has 3 heterocycles. The summed E-state index contributed by atoms with van der Waals surface area (Å²) in [6.07, 6.45) is 8.61. The predicted octanol–water partition coefficient (Wildman–Crippen LogP) is 4.55. The number of carbonyl (C=O) groups excluding carboxylic acids is 1. The van der Waals surface area contributed by atoms with Crippen molar-refractivity contribution in [3.63, 3.8) is 0 Å². The van der Waals surface area contributed by atoms with Gasteiger partial charge in [-0.1, -0.05) is 12.1 Å². The van der Waals surface area contributed by atoms with Crippen molar-refractivity contribution in [1.29, 1.82) is 0 Å². The molecule has 0 saturated carbocycles. The van der Waals surface area contributed by atoms with Crippen LogP contribution in [0.15, 0.2) is 77.7 Å². The van der Waals surface area contributed by atoms with E-state index in [0.29, 0.717) is 11.4 Å². The summed E-state index contributed by atoms with van der Waals surface area (Å²) in [5.74, 6) is 0.415. The van der Waals surface area contributed by atoms with Gasteiger partial charge < -0.3 is 14.1 Å². The Bertz CT molecular complexity index is 1090. The molecule has 5 nitrogen and oxygen atoms in total. The normalized spacial score (nSPS) is 11.3. The molecule has 1 amide bonds. The number of nitrogens with zero attached hydrogens (tertiary/aromatic N) is 2. The number of imidazole rings is 1. The molecule has 0 spiro atoms. The minimum absolute atomic E-state index is 0.218. The first-order valence-corrected chi connectivity index (χ1v) is 8.26. The summed E-state index contributed by atoms with van der Waals surface area (Å²) < 4.78 is 7.16. The number of hydrogen-bond donors (Lipinski definition) is 1. The molecule has 128 valence electrons. The zero-order chi connectivity index (χ0) is 17.9. The van der Waals surface area contributed by atoms with E-state index in [2.05, 4.69) is 10.3 Å². The Morgan fingerprint density at radius 1 is 1.19 bits per heavy atom. The van der Waals surface area contributed by atoms with Gasteiger partial charge in [-0.3, -0.25) is 4.79 Å². The number of rotatable bonds is 4. The average molecular weight is 343 g/mol. The number of fused-ring (bicyclic) bond motifs is 1. The second-order valence-electron chi connectivity index (χ2n) is 6.01. The van der Waals surface area contributed by atoms with E-state index in [1.54, 1.807) is 24.5 Å². The number of amides is 1. The molecule has 0 radical (unpaired) electrons. The summed E-state index contributed by atoms with van der Waals surface area (Å²) in [6, 6.07) is 15.3. The monoisotopic (exact) mass is 343 g/mol. The van der Waals surface area contributed by atoms with E-state index < -0.39 is 0 Å². The number of benzene rings is 1. The molecule has 26 heavy (non-hydrogen) atoms. The van der Waals surface area contributed by atoms with Gasteiger partial charge in [0.2, 0.25) is 5.91 Å². The van der Waals surface area contributed by atoms with Crippen LogP contribution in [0.2, 0.25) is 0 Å². The molecule has 0 atom stereocenters. The lowest BCUT2D eigenvalue weighted by Crippen LogP contribution is -2.07. The van der Waals surface area contributed by atoms with Gasteiger partial charge in [0.05, 0.1) is 12.0 Å². The van der Waals surface area contributed by atoms with Crippen molar-refractivity contribution in [1.82, 2.24) is 9.38 Å². The molecule has 0 aliphatic carbocycles. The Morgan fingerprint density at radius 3 is 2.96 bits per heavy atom. The SMILES string of the molecule is Cc1ccn2cc(-c3cccc(NC(=O)/C=C/c4ccco4)c3)nc2c1. The summed E-state index contributed by atoms with van der Waals surface area (Å²) in [5.41, 5.74) is 4.58. The molecule has 4 aromatic rings. The van der Waals surface area contributed by atoms with Gasteiger partial charge in [0, 0.05) is 29.7 Å². The van der Waals surface area contributed by atoms with Crippen LogP contribution < -0.4 is 5.32 Å².